The number of ether oxygens (including phenoxy) is 2. The van der Waals surface area contributed by atoms with Crippen LogP contribution >= 0.6 is 0 Å². The Kier molecular flexibility index (Phi) is 6.98. The van der Waals surface area contributed by atoms with Crippen molar-refractivity contribution in [3.63, 3.8) is 0 Å². The van der Waals surface area contributed by atoms with Crippen LogP contribution in [-0.4, -0.2) is 62.8 Å². The van der Waals surface area contributed by atoms with Gasteiger partial charge in [-0.25, -0.2) is 0 Å². The van der Waals surface area contributed by atoms with Crippen molar-refractivity contribution in [2.75, 3.05) is 27.4 Å². The van der Waals surface area contributed by atoms with E-state index >= 15 is 0 Å². The number of hydroxylamine groups is 1. The van der Waals surface area contributed by atoms with Crippen molar-refractivity contribution < 1.29 is 24.2 Å². The summed E-state index contributed by atoms with van der Waals surface area (Å²) in [4.78, 5) is 20.9. The fourth-order valence-corrected chi connectivity index (χ4v) is 2.23. The minimum atomic E-state index is -0.811. The van der Waals surface area contributed by atoms with E-state index in [1.54, 1.807) is 37.6 Å². The summed E-state index contributed by atoms with van der Waals surface area (Å²) in [6.07, 6.45) is 1.36. The van der Waals surface area contributed by atoms with E-state index in [1.807, 2.05) is 0 Å². The molecule has 132 valence electrons. The maximum absolute atomic E-state index is 12.0. The molecular weight excluding hydrogens is 314 g/mol. The van der Waals surface area contributed by atoms with Crippen molar-refractivity contribution in [1.82, 2.24) is 10.8 Å². The molecule has 1 heterocycles. The number of amides is 1. The predicted octanol–water partition coefficient (Wildman–Crippen LogP) is -0.0862. The zero-order chi connectivity index (χ0) is 17.4. The van der Waals surface area contributed by atoms with Crippen molar-refractivity contribution in [1.29, 1.82) is 0 Å². The van der Waals surface area contributed by atoms with Crippen molar-refractivity contribution >= 4 is 12.1 Å². The molecule has 2 rings (SSSR count). The molecule has 0 bridgehead atoms. The Morgan fingerprint density at radius 2 is 2.04 bits per heavy atom. The summed E-state index contributed by atoms with van der Waals surface area (Å²) < 4.78 is 10.5. The van der Waals surface area contributed by atoms with Gasteiger partial charge in [0.25, 0.3) is 0 Å². The topological polar surface area (TPSA) is 101 Å². The molecule has 0 saturated heterocycles. The number of aliphatic hydroxyl groups is 1. The number of rotatable bonds is 9. The molecule has 1 aliphatic rings. The van der Waals surface area contributed by atoms with Gasteiger partial charge < -0.3 is 24.7 Å². The van der Waals surface area contributed by atoms with Crippen molar-refractivity contribution in [2.45, 2.75) is 24.6 Å². The third-order valence-electron chi connectivity index (χ3n) is 3.51. The number of aliphatic hydroxyl groups excluding tert-OH is 1. The molecule has 24 heavy (non-hydrogen) atoms. The van der Waals surface area contributed by atoms with Gasteiger partial charge in [0.1, 0.15) is 30.3 Å². The van der Waals surface area contributed by atoms with Gasteiger partial charge >= 0.3 is 0 Å². The van der Waals surface area contributed by atoms with E-state index in [2.05, 4.69) is 15.8 Å². The summed E-state index contributed by atoms with van der Waals surface area (Å²) in [6, 6.07) is 6.50. The number of benzene rings is 1. The van der Waals surface area contributed by atoms with Crippen LogP contribution in [0.1, 0.15) is 6.42 Å². The molecule has 0 aliphatic carbocycles. The SMILES string of the molecule is CONC1C=NC(C(=O)NCC(O)COc2ccc(OC)cc2)C1. The number of hydrogen-bond acceptors (Lipinski definition) is 7. The summed E-state index contributed by atoms with van der Waals surface area (Å²) in [6.45, 7) is 0.178. The van der Waals surface area contributed by atoms with Gasteiger partial charge in [-0.15, -0.1) is 0 Å². The Morgan fingerprint density at radius 3 is 2.71 bits per heavy atom. The van der Waals surface area contributed by atoms with Crippen LogP contribution in [-0.2, 0) is 9.63 Å². The number of carbonyl (C=O) groups excluding carboxylic acids is 1. The van der Waals surface area contributed by atoms with E-state index in [-0.39, 0.29) is 25.1 Å². The first kappa shape index (κ1) is 18.2. The molecule has 3 atom stereocenters. The fraction of sp³-hybridized carbons (Fsp3) is 0.500. The molecule has 1 amide bonds. The lowest BCUT2D eigenvalue weighted by Gasteiger charge is -2.15. The summed E-state index contributed by atoms with van der Waals surface area (Å²) >= 11 is 0. The standard InChI is InChI=1S/C16H23N3O5/c1-22-13-3-5-14(6-4-13)24-10-12(20)9-18-16(21)15-7-11(8-17-15)19-23-2/h3-6,8,11-12,15,19-20H,7,9-10H2,1-2H3,(H,18,21). The van der Waals surface area contributed by atoms with Crippen LogP contribution in [0.25, 0.3) is 0 Å². The van der Waals surface area contributed by atoms with E-state index in [4.69, 9.17) is 14.3 Å². The third-order valence-corrected chi connectivity index (χ3v) is 3.51. The second-order valence-corrected chi connectivity index (χ2v) is 5.36. The van der Waals surface area contributed by atoms with Gasteiger partial charge in [-0.3, -0.25) is 9.79 Å². The second kappa shape index (κ2) is 9.21. The molecule has 0 aromatic heterocycles. The maximum Gasteiger partial charge on any atom is 0.244 e. The number of methoxy groups -OCH3 is 1. The van der Waals surface area contributed by atoms with Crippen molar-refractivity contribution in [3.8, 4) is 11.5 Å². The Hall–Kier alpha value is -2.16. The number of nitrogens with one attached hydrogen (secondary N) is 2. The average Bonchev–Trinajstić information content (AvgIpc) is 3.07. The van der Waals surface area contributed by atoms with E-state index in [0.717, 1.165) is 5.75 Å². The molecule has 8 heteroatoms. The van der Waals surface area contributed by atoms with Gasteiger partial charge in [0.15, 0.2) is 0 Å². The first-order valence-electron chi connectivity index (χ1n) is 7.66. The minimum absolute atomic E-state index is 0.0749. The smallest absolute Gasteiger partial charge is 0.244 e. The quantitative estimate of drug-likeness (QED) is 0.545. The first-order valence-corrected chi connectivity index (χ1v) is 7.66. The van der Waals surface area contributed by atoms with Gasteiger partial charge in [-0.1, -0.05) is 0 Å². The fourth-order valence-electron chi connectivity index (χ4n) is 2.23. The summed E-state index contributed by atoms with van der Waals surface area (Å²) in [5.41, 5.74) is 2.73. The van der Waals surface area contributed by atoms with Crippen LogP contribution in [0.2, 0.25) is 0 Å². The predicted molar refractivity (Wildman–Crippen MR) is 88.3 cm³/mol. The van der Waals surface area contributed by atoms with Gasteiger partial charge in [-0.05, 0) is 24.3 Å². The molecule has 0 saturated carbocycles. The zero-order valence-corrected chi connectivity index (χ0v) is 13.8. The summed E-state index contributed by atoms with van der Waals surface area (Å²) in [5, 5.41) is 12.6. The van der Waals surface area contributed by atoms with Crippen molar-refractivity contribution in [2.24, 2.45) is 4.99 Å². The Bertz CT molecular complexity index is 549. The molecule has 1 aliphatic heterocycles. The van der Waals surface area contributed by atoms with Gasteiger partial charge in [0.05, 0.1) is 20.3 Å². The molecule has 0 radical (unpaired) electrons. The summed E-state index contributed by atoms with van der Waals surface area (Å²) in [5.74, 6) is 1.12. The van der Waals surface area contributed by atoms with Gasteiger partial charge in [0, 0.05) is 19.2 Å². The van der Waals surface area contributed by atoms with Crippen LogP contribution in [0, 0.1) is 0 Å². The van der Waals surface area contributed by atoms with Crippen molar-refractivity contribution in [3.05, 3.63) is 24.3 Å². The second-order valence-electron chi connectivity index (χ2n) is 5.36. The maximum atomic E-state index is 12.0. The zero-order valence-electron chi connectivity index (χ0n) is 13.8. The molecule has 3 N–H and O–H groups in total. The average molecular weight is 337 g/mol. The number of nitrogens with zero attached hydrogens (tertiary/aromatic N) is 1. The van der Waals surface area contributed by atoms with Gasteiger partial charge in [0.2, 0.25) is 5.91 Å². The van der Waals surface area contributed by atoms with Crippen LogP contribution in [0.15, 0.2) is 29.3 Å². The molecule has 8 nitrogen and oxygen atoms in total. The highest BCUT2D eigenvalue weighted by Crippen LogP contribution is 2.17. The highest BCUT2D eigenvalue weighted by Gasteiger charge is 2.26. The number of carbonyl (C=O) groups is 1. The monoisotopic (exact) mass is 337 g/mol. The van der Waals surface area contributed by atoms with Crippen LogP contribution in [0.5, 0.6) is 11.5 Å². The lowest BCUT2D eigenvalue weighted by Crippen LogP contribution is -2.40. The van der Waals surface area contributed by atoms with E-state index in [9.17, 15) is 9.90 Å². The summed E-state index contributed by atoms with van der Waals surface area (Å²) in [7, 11) is 3.10. The molecule has 0 fully saturated rings. The van der Waals surface area contributed by atoms with Gasteiger partial charge in [-0.2, -0.15) is 5.48 Å². The van der Waals surface area contributed by atoms with Crippen LogP contribution in [0.4, 0.5) is 0 Å². The normalized spacial score (nSPS) is 20.6. The molecule has 0 spiro atoms. The molecular formula is C16H23N3O5. The lowest BCUT2D eigenvalue weighted by atomic mass is 10.1. The Labute approximate surface area is 140 Å². The Morgan fingerprint density at radius 1 is 1.33 bits per heavy atom. The highest BCUT2D eigenvalue weighted by molar-refractivity contribution is 5.86. The van der Waals surface area contributed by atoms with E-state index < -0.39 is 12.1 Å². The third kappa shape index (κ3) is 5.48. The molecule has 3 unspecified atom stereocenters. The highest BCUT2D eigenvalue weighted by atomic mass is 16.6. The molecule has 1 aromatic rings. The largest absolute Gasteiger partial charge is 0.497 e. The first-order chi connectivity index (χ1) is 11.6. The molecule has 1 aromatic carbocycles. The van der Waals surface area contributed by atoms with Crippen LogP contribution in [0.3, 0.4) is 0 Å². The van der Waals surface area contributed by atoms with E-state index in [0.29, 0.717) is 12.2 Å². The van der Waals surface area contributed by atoms with Crippen LogP contribution < -0.4 is 20.3 Å². The van der Waals surface area contributed by atoms with E-state index in [1.165, 1.54) is 7.11 Å². The lowest BCUT2D eigenvalue weighted by molar-refractivity contribution is -0.122. The number of hydrogen-bond donors (Lipinski definition) is 3. The Balaban J connectivity index is 1.66. The minimum Gasteiger partial charge on any atom is -0.497 e. The number of aliphatic imine (C=N–C) groups is 1.